The molecule has 2 aromatic carbocycles. The summed E-state index contributed by atoms with van der Waals surface area (Å²) in [7, 11) is -3.99. The van der Waals surface area contributed by atoms with Crippen LogP contribution in [-0.4, -0.2) is 60.0 Å². The molecule has 4 rings (SSSR count). The van der Waals surface area contributed by atoms with Crippen molar-refractivity contribution in [3.05, 3.63) is 48.0 Å². The lowest BCUT2D eigenvalue weighted by Gasteiger charge is -2.23. The molecule has 170 valence electrons. The zero-order valence-corrected chi connectivity index (χ0v) is 18.3. The Hall–Kier alpha value is -2.70. The average molecular weight is 459 g/mol. The predicted molar refractivity (Wildman–Crippen MR) is 118 cm³/mol. The number of aliphatic hydroxyl groups is 1. The largest absolute Gasteiger partial charge is 0.396 e. The maximum absolute atomic E-state index is 12.2. The molecule has 0 saturated carbocycles. The molecule has 1 aromatic heterocycles. The van der Waals surface area contributed by atoms with Crippen LogP contribution in [0.5, 0.6) is 0 Å². The highest BCUT2D eigenvalue weighted by atomic mass is 32.2. The van der Waals surface area contributed by atoms with E-state index in [0.29, 0.717) is 30.0 Å². The molecular weight excluding hydrogens is 432 g/mol. The first-order valence-electron chi connectivity index (χ1n) is 10.4. The molecule has 1 aliphatic heterocycles. The Morgan fingerprint density at radius 2 is 2.06 bits per heavy atom. The molecule has 1 fully saturated rings. The molecule has 10 nitrogen and oxygen atoms in total. The van der Waals surface area contributed by atoms with Gasteiger partial charge in [0, 0.05) is 25.8 Å². The first-order valence-corrected chi connectivity index (χ1v) is 11.9. The van der Waals surface area contributed by atoms with Crippen molar-refractivity contribution in [2.75, 3.05) is 19.8 Å². The Labute approximate surface area is 186 Å². The quantitative estimate of drug-likeness (QED) is 0.371. The third-order valence-electron chi connectivity index (χ3n) is 5.71. The number of tetrazole rings is 1. The van der Waals surface area contributed by atoms with Gasteiger partial charge in [0.25, 0.3) is 0 Å². The van der Waals surface area contributed by atoms with Crippen LogP contribution in [0.2, 0.25) is 0 Å². The third kappa shape index (κ3) is 5.03. The molecule has 0 spiro atoms. The second-order valence-electron chi connectivity index (χ2n) is 7.78. The van der Waals surface area contributed by atoms with Gasteiger partial charge in [0.1, 0.15) is 0 Å². The highest BCUT2D eigenvalue weighted by Crippen LogP contribution is 2.34. The van der Waals surface area contributed by atoms with Crippen LogP contribution >= 0.6 is 0 Å². The fraction of sp³-hybridized carbons (Fsp3) is 0.381. The van der Waals surface area contributed by atoms with Crippen LogP contribution in [0.25, 0.3) is 22.5 Å². The minimum atomic E-state index is -3.99. The molecule has 1 saturated heterocycles. The minimum Gasteiger partial charge on any atom is -0.396 e. The number of rotatable bonds is 9. The van der Waals surface area contributed by atoms with Gasteiger partial charge in [-0.15, -0.1) is 10.2 Å². The summed E-state index contributed by atoms with van der Waals surface area (Å²) < 4.78 is 29.8. The average Bonchev–Trinajstić information content (AvgIpc) is 3.50. The summed E-state index contributed by atoms with van der Waals surface area (Å²) in [6, 6.07) is 12.9. The van der Waals surface area contributed by atoms with E-state index in [2.05, 4.69) is 25.9 Å². The molecule has 5 N–H and O–H groups in total. The first kappa shape index (κ1) is 22.5. The molecule has 0 bridgehead atoms. The molecule has 2 heterocycles. The highest BCUT2D eigenvalue weighted by molar-refractivity contribution is 7.89. The Kier molecular flexibility index (Phi) is 6.92. The summed E-state index contributed by atoms with van der Waals surface area (Å²) in [4.78, 5) is -0.0622. The number of ether oxygens (including phenoxy) is 1. The number of aromatic amines is 1. The molecule has 1 aliphatic rings. The van der Waals surface area contributed by atoms with Gasteiger partial charge >= 0.3 is 0 Å². The van der Waals surface area contributed by atoms with Crippen LogP contribution in [0.4, 0.5) is 0 Å². The summed E-state index contributed by atoms with van der Waals surface area (Å²) in [5.74, 6) is 0.556. The molecule has 0 radical (unpaired) electrons. The van der Waals surface area contributed by atoms with Crippen molar-refractivity contribution < 1.29 is 18.3 Å². The van der Waals surface area contributed by atoms with Crippen molar-refractivity contribution in [3.8, 4) is 22.5 Å². The van der Waals surface area contributed by atoms with Crippen LogP contribution in [-0.2, 0) is 21.3 Å². The van der Waals surface area contributed by atoms with Gasteiger partial charge in [-0.2, -0.15) is 5.21 Å². The smallest absolute Gasteiger partial charge is 0.238 e. The summed E-state index contributed by atoms with van der Waals surface area (Å²) in [6.45, 7) is 2.27. The van der Waals surface area contributed by atoms with E-state index >= 15 is 0 Å². The number of benzene rings is 2. The van der Waals surface area contributed by atoms with Crippen LogP contribution < -0.4 is 10.5 Å². The van der Waals surface area contributed by atoms with Gasteiger partial charge in [0.05, 0.1) is 17.1 Å². The number of primary sulfonamides is 1. The van der Waals surface area contributed by atoms with Gasteiger partial charge in [-0.05, 0) is 46.7 Å². The number of hydrogen-bond donors (Lipinski definition) is 4. The van der Waals surface area contributed by atoms with Crippen LogP contribution in [0, 0.1) is 5.92 Å². The van der Waals surface area contributed by atoms with Crippen molar-refractivity contribution in [2.45, 2.75) is 30.3 Å². The molecular formula is C21H26N6O4S. The number of sulfonamides is 1. The van der Waals surface area contributed by atoms with Crippen LogP contribution in [0.3, 0.4) is 0 Å². The van der Waals surface area contributed by atoms with Crippen molar-refractivity contribution in [1.29, 1.82) is 0 Å². The third-order valence-corrected chi connectivity index (χ3v) is 6.66. The zero-order chi connectivity index (χ0) is 22.6. The van der Waals surface area contributed by atoms with E-state index in [1.165, 1.54) is 6.07 Å². The monoisotopic (exact) mass is 458 g/mol. The van der Waals surface area contributed by atoms with Gasteiger partial charge in [0.2, 0.25) is 15.8 Å². The lowest BCUT2D eigenvalue weighted by atomic mass is 9.95. The standard InChI is InChI=1S/C21H26N6O4S/c22-32(29,30)19-3-1-2-17(20(19)21-24-26-27-25-21)15-6-4-14(5-7-15)12-23-18(8-10-28)16-9-11-31-13-16/h1-7,16,18,23,28H,8-13H2,(H2,22,29,30)(H,24,25,26,27)/t16?,18-/m1/s1. The normalized spacial score (nSPS) is 17.5. The number of aliphatic hydroxyl groups excluding tert-OH is 1. The zero-order valence-electron chi connectivity index (χ0n) is 17.4. The van der Waals surface area contributed by atoms with Gasteiger partial charge in [-0.1, -0.05) is 36.4 Å². The van der Waals surface area contributed by atoms with Crippen molar-refractivity contribution in [3.63, 3.8) is 0 Å². The minimum absolute atomic E-state index is 0.0622. The first-order chi connectivity index (χ1) is 15.5. The van der Waals surface area contributed by atoms with Crippen molar-refractivity contribution in [1.82, 2.24) is 25.9 Å². The molecule has 0 amide bonds. The number of nitrogens with one attached hydrogen (secondary N) is 2. The van der Waals surface area contributed by atoms with E-state index < -0.39 is 10.0 Å². The fourth-order valence-corrected chi connectivity index (χ4v) is 4.83. The lowest BCUT2D eigenvalue weighted by molar-refractivity contribution is 0.168. The van der Waals surface area contributed by atoms with Gasteiger partial charge in [-0.25, -0.2) is 13.6 Å². The molecule has 1 unspecified atom stereocenters. The van der Waals surface area contributed by atoms with Crippen molar-refractivity contribution >= 4 is 10.0 Å². The lowest BCUT2D eigenvalue weighted by Crippen LogP contribution is -2.37. The second kappa shape index (κ2) is 9.84. The van der Waals surface area contributed by atoms with Gasteiger partial charge in [-0.3, -0.25) is 0 Å². The highest BCUT2D eigenvalue weighted by Gasteiger charge is 2.25. The Bertz CT molecular complexity index is 1130. The second-order valence-corrected chi connectivity index (χ2v) is 9.31. The van der Waals surface area contributed by atoms with Gasteiger partial charge in [0.15, 0.2) is 0 Å². The SMILES string of the molecule is NS(=O)(=O)c1cccc(-c2ccc(CN[C@H](CCO)C3CCOC3)cc2)c1-c1nn[nH]n1. The van der Waals surface area contributed by atoms with Crippen LogP contribution in [0.1, 0.15) is 18.4 Å². The molecule has 32 heavy (non-hydrogen) atoms. The van der Waals surface area contributed by atoms with E-state index in [0.717, 1.165) is 30.8 Å². The molecule has 0 aliphatic carbocycles. The summed E-state index contributed by atoms with van der Waals surface area (Å²) in [5, 5.41) is 32.2. The van der Waals surface area contributed by atoms with E-state index in [1.54, 1.807) is 12.1 Å². The Balaban J connectivity index is 1.58. The number of hydrogen-bond acceptors (Lipinski definition) is 8. The Morgan fingerprint density at radius 1 is 1.25 bits per heavy atom. The summed E-state index contributed by atoms with van der Waals surface area (Å²) in [5.41, 5.74) is 2.81. The topological polar surface area (TPSA) is 156 Å². The van der Waals surface area contributed by atoms with Gasteiger partial charge < -0.3 is 15.2 Å². The van der Waals surface area contributed by atoms with Crippen LogP contribution in [0.15, 0.2) is 47.4 Å². The molecule has 2 atom stereocenters. The van der Waals surface area contributed by atoms with E-state index in [9.17, 15) is 13.5 Å². The summed E-state index contributed by atoms with van der Waals surface area (Å²) >= 11 is 0. The van der Waals surface area contributed by atoms with E-state index in [4.69, 9.17) is 9.88 Å². The van der Waals surface area contributed by atoms with Crippen molar-refractivity contribution in [2.24, 2.45) is 11.1 Å². The number of aromatic nitrogens is 4. The molecule has 3 aromatic rings. The predicted octanol–water partition coefficient (Wildman–Crippen LogP) is 1.06. The number of nitrogens with two attached hydrogens (primary N) is 1. The van der Waals surface area contributed by atoms with E-state index in [-0.39, 0.29) is 23.4 Å². The summed E-state index contributed by atoms with van der Waals surface area (Å²) in [6.07, 6.45) is 1.68. The number of H-pyrrole nitrogens is 1. The van der Waals surface area contributed by atoms with E-state index in [1.807, 2.05) is 24.3 Å². The Morgan fingerprint density at radius 3 is 2.69 bits per heavy atom. The maximum Gasteiger partial charge on any atom is 0.238 e. The number of nitrogens with zero attached hydrogens (tertiary/aromatic N) is 3. The fourth-order valence-electron chi connectivity index (χ4n) is 4.07. The molecule has 11 heteroatoms. The maximum atomic E-state index is 12.2.